The molecule has 0 spiro atoms. The average molecular weight is 455 g/mol. The number of benzene rings is 3. The molecule has 0 unspecified atom stereocenters. The lowest BCUT2D eigenvalue weighted by atomic mass is 10.1. The summed E-state index contributed by atoms with van der Waals surface area (Å²) in [5.74, 6) is -2.30. The number of rotatable bonds is 5. The number of Topliss-reactive ketones (excluding diaryl/α,β-unsaturated/α-hetero) is 1. The summed E-state index contributed by atoms with van der Waals surface area (Å²) in [5.41, 5.74) is 1.71. The minimum absolute atomic E-state index is 0.127. The van der Waals surface area contributed by atoms with Crippen LogP contribution in [0, 0.1) is 5.82 Å². The van der Waals surface area contributed by atoms with Gasteiger partial charge in [0.1, 0.15) is 17.1 Å². The molecule has 5 rings (SSSR count). The Hall–Kier alpha value is -4.59. The van der Waals surface area contributed by atoms with Crippen LogP contribution < -0.4 is 5.43 Å². The van der Waals surface area contributed by atoms with Gasteiger partial charge in [-0.3, -0.25) is 9.59 Å². The first kappa shape index (κ1) is 21.3. The highest BCUT2D eigenvalue weighted by Gasteiger charge is 2.18. The third-order valence-corrected chi connectivity index (χ3v) is 5.74. The van der Waals surface area contributed by atoms with Crippen LogP contribution >= 0.6 is 0 Å². The van der Waals surface area contributed by atoms with Gasteiger partial charge in [0.2, 0.25) is 5.43 Å². The highest BCUT2D eigenvalue weighted by Crippen LogP contribution is 2.23. The summed E-state index contributed by atoms with van der Waals surface area (Å²) in [4.78, 5) is 36.1. The normalized spacial score (nSPS) is 11.2. The van der Waals surface area contributed by atoms with Crippen LogP contribution in [0.25, 0.3) is 27.5 Å². The van der Waals surface area contributed by atoms with Gasteiger partial charge in [0, 0.05) is 25.1 Å². The van der Waals surface area contributed by atoms with E-state index in [0.717, 1.165) is 28.2 Å². The van der Waals surface area contributed by atoms with Gasteiger partial charge in [0.15, 0.2) is 5.78 Å². The van der Waals surface area contributed by atoms with Crippen molar-refractivity contribution in [1.29, 1.82) is 0 Å². The Morgan fingerprint density at radius 3 is 2.38 bits per heavy atom. The smallest absolute Gasteiger partial charge is 0.341 e. The molecule has 0 saturated heterocycles. The zero-order chi connectivity index (χ0) is 24.0. The summed E-state index contributed by atoms with van der Waals surface area (Å²) in [6.07, 6.45) is 1.24. The molecule has 0 aliphatic heterocycles. The van der Waals surface area contributed by atoms with E-state index in [1.807, 2.05) is 48.5 Å². The largest absolute Gasteiger partial charge is 0.477 e. The third kappa shape index (κ3) is 3.45. The molecule has 2 heterocycles. The van der Waals surface area contributed by atoms with E-state index in [9.17, 15) is 23.9 Å². The minimum atomic E-state index is -1.41. The fourth-order valence-electron chi connectivity index (χ4n) is 4.14. The Morgan fingerprint density at radius 1 is 0.971 bits per heavy atom. The van der Waals surface area contributed by atoms with Crippen molar-refractivity contribution in [2.45, 2.75) is 13.5 Å². The lowest BCUT2D eigenvalue weighted by molar-refractivity contribution is 0.0694. The molecule has 0 radical (unpaired) electrons. The first-order valence-electron chi connectivity index (χ1n) is 10.5. The first-order chi connectivity index (χ1) is 16.3. The number of aromatic nitrogens is 3. The van der Waals surface area contributed by atoms with E-state index in [1.165, 1.54) is 19.2 Å². The maximum absolute atomic E-state index is 14.4. The van der Waals surface area contributed by atoms with Crippen molar-refractivity contribution in [3.05, 3.63) is 106 Å². The molecular formula is C26H18FN3O4. The number of carbonyl (C=O) groups excluding carboxylic acids is 1. The van der Waals surface area contributed by atoms with Gasteiger partial charge in [-0.05, 0) is 35.9 Å². The molecule has 0 bridgehead atoms. The Labute approximate surface area is 192 Å². The monoisotopic (exact) mass is 455 g/mol. The molecule has 34 heavy (non-hydrogen) atoms. The second-order valence-corrected chi connectivity index (χ2v) is 7.94. The highest BCUT2D eigenvalue weighted by molar-refractivity contribution is 6.05. The van der Waals surface area contributed by atoms with Crippen LogP contribution in [0.3, 0.4) is 0 Å². The molecule has 3 aromatic carbocycles. The summed E-state index contributed by atoms with van der Waals surface area (Å²) in [6.45, 7) is 1.70. The van der Waals surface area contributed by atoms with E-state index in [-0.39, 0.29) is 17.7 Å². The molecule has 8 heteroatoms. The number of carbonyl (C=O) groups is 2. The minimum Gasteiger partial charge on any atom is -0.477 e. The highest BCUT2D eigenvalue weighted by atomic mass is 19.1. The number of pyridine rings is 1. The predicted molar refractivity (Wildman–Crippen MR) is 125 cm³/mol. The molecule has 0 aliphatic rings. The van der Waals surface area contributed by atoms with Crippen molar-refractivity contribution >= 4 is 33.6 Å². The number of para-hydroxylation sites is 1. The number of hydrogen-bond acceptors (Lipinski definition) is 4. The predicted octanol–water partition coefficient (Wildman–Crippen LogP) is 4.43. The summed E-state index contributed by atoms with van der Waals surface area (Å²) < 4.78 is 17.6. The van der Waals surface area contributed by atoms with Gasteiger partial charge in [-0.1, -0.05) is 36.4 Å². The summed E-state index contributed by atoms with van der Waals surface area (Å²) in [6, 6.07) is 19.0. The van der Waals surface area contributed by atoms with Crippen LogP contribution in [0.2, 0.25) is 0 Å². The number of fused-ring (bicyclic) bond motifs is 2. The van der Waals surface area contributed by atoms with E-state index in [4.69, 9.17) is 0 Å². The van der Waals surface area contributed by atoms with E-state index >= 15 is 0 Å². The second-order valence-electron chi connectivity index (χ2n) is 7.94. The van der Waals surface area contributed by atoms with E-state index in [2.05, 4.69) is 5.10 Å². The van der Waals surface area contributed by atoms with Crippen molar-refractivity contribution in [1.82, 2.24) is 14.3 Å². The van der Waals surface area contributed by atoms with Crippen LogP contribution in [0.1, 0.15) is 33.3 Å². The maximum atomic E-state index is 14.4. The van der Waals surface area contributed by atoms with Crippen molar-refractivity contribution < 1.29 is 19.1 Å². The molecule has 5 aromatic rings. The molecule has 1 N–H and O–H groups in total. The zero-order valence-electron chi connectivity index (χ0n) is 18.0. The van der Waals surface area contributed by atoms with Crippen molar-refractivity contribution in [3.8, 4) is 5.69 Å². The Balaban J connectivity index is 1.57. The molecule has 0 aliphatic carbocycles. The molecule has 0 atom stereocenters. The Morgan fingerprint density at radius 2 is 1.68 bits per heavy atom. The van der Waals surface area contributed by atoms with Gasteiger partial charge in [0.25, 0.3) is 0 Å². The van der Waals surface area contributed by atoms with Crippen LogP contribution in [-0.2, 0) is 6.54 Å². The molecular weight excluding hydrogens is 437 g/mol. The number of halogens is 1. The Kier molecular flexibility index (Phi) is 5.05. The quantitative estimate of drug-likeness (QED) is 0.396. The number of hydrogen-bond donors (Lipinski definition) is 1. The van der Waals surface area contributed by atoms with Crippen molar-refractivity contribution in [3.63, 3.8) is 0 Å². The molecule has 0 saturated carbocycles. The standard InChI is InChI=1S/C26H18FN3O4/c1-15(31)24-18-5-2-3-7-21(18)30(28-24)17-11-9-16(10-12-17)13-29-14-19(26(33)34)25(32)23-20(27)6-4-8-22(23)29/h2-12,14H,13H2,1H3,(H,33,34). The van der Waals surface area contributed by atoms with Gasteiger partial charge in [-0.2, -0.15) is 5.10 Å². The molecule has 7 nitrogen and oxygen atoms in total. The van der Waals surface area contributed by atoms with Crippen molar-refractivity contribution in [2.24, 2.45) is 0 Å². The fourth-order valence-corrected chi connectivity index (χ4v) is 4.14. The second kappa shape index (κ2) is 8.08. The SMILES string of the molecule is CC(=O)c1nn(-c2ccc(Cn3cc(C(=O)O)c(=O)c4c(F)cccc43)cc2)c2ccccc12. The van der Waals surface area contributed by atoms with Crippen LogP contribution in [0.5, 0.6) is 0 Å². The number of carboxylic acid groups (broad SMARTS) is 1. The van der Waals surface area contributed by atoms with E-state index in [0.29, 0.717) is 11.2 Å². The van der Waals surface area contributed by atoms with Gasteiger partial charge in [-0.25, -0.2) is 13.9 Å². The maximum Gasteiger partial charge on any atom is 0.341 e. The summed E-state index contributed by atoms with van der Waals surface area (Å²) >= 11 is 0. The van der Waals surface area contributed by atoms with Crippen molar-refractivity contribution in [2.75, 3.05) is 0 Å². The first-order valence-corrected chi connectivity index (χ1v) is 10.5. The number of carboxylic acids is 1. The molecule has 168 valence electrons. The zero-order valence-corrected chi connectivity index (χ0v) is 18.0. The van der Waals surface area contributed by atoms with Gasteiger partial charge in [0.05, 0.1) is 22.1 Å². The van der Waals surface area contributed by atoms with Gasteiger partial charge in [-0.15, -0.1) is 0 Å². The molecule has 0 amide bonds. The van der Waals surface area contributed by atoms with Gasteiger partial charge < -0.3 is 9.67 Å². The number of nitrogens with zero attached hydrogens (tertiary/aromatic N) is 3. The fraction of sp³-hybridized carbons (Fsp3) is 0.0769. The number of ketones is 1. The molecule has 2 aromatic heterocycles. The Bertz CT molecular complexity index is 1670. The number of aromatic carboxylic acids is 1. The summed E-state index contributed by atoms with van der Waals surface area (Å²) in [7, 11) is 0. The van der Waals surface area contributed by atoms with Gasteiger partial charge >= 0.3 is 5.97 Å². The van der Waals surface area contributed by atoms with Crippen LogP contribution in [0.15, 0.2) is 77.7 Å². The van der Waals surface area contributed by atoms with E-state index in [1.54, 1.807) is 15.3 Å². The lowest BCUT2D eigenvalue weighted by Crippen LogP contribution is -2.20. The molecule has 0 fully saturated rings. The van der Waals surface area contributed by atoms with Crippen LogP contribution in [-0.4, -0.2) is 31.2 Å². The van der Waals surface area contributed by atoms with E-state index < -0.39 is 22.8 Å². The average Bonchev–Trinajstić information content (AvgIpc) is 3.21. The third-order valence-electron chi connectivity index (χ3n) is 5.74. The topological polar surface area (TPSA) is 94.2 Å². The van der Waals surface area contributed by atoms with Crippen LogP contribution in [0.4, 0.5) is 4.39 Å². The lowest BCUT2D eigenvalue weighted by Gasteiger charge is -2.13. The summed E-state index contributed by atoms with van der Waals surface area (Å²) in [5, 5.41) is 14.4.